The highest BCUT2D eigenvalue weighted by molar-refractivity contribution is 9.10. The highest BCUT2D eigenvalue weighted by Crippen LogP contribution is 2.34. The van der Waals surface area contributed by atoms with Crippen LogP contribution >= 0.6 is 15.9 Å². The van der Waals surface area contributed by atoms with Gasteiger partial charge in [-0.3, -0.25) is 19.7 Å². The molecule has 1 aliphatic rings. The molecule has 1 aromatic rings. The highest BCUT2D eigenvalue weighted by atomic mass is 79.9. The number of nitrogens with zero attached hydrogens (tertiary/aromatic N) is 2. The lowest BCUT2D eigenvalue weighted by molar-refractivity contribution is -0.384. The smallest absolute Gasteiger partial charge is 0.311 e. The van der Waals surface area contributed by atoms with Gasteiger partial charge in [0.2, 0.25) is 5.91 Å². The summed E-state index contributed by atoms with van der Waals surface area (Å²) >= 11 is 3.21. The molecule has 20 heavy (non-hydrogen) atoms. The SMILES string of the molecule is COC(=O)C1CC(=O)N(c2ccc([N+](=O)[O-])cc2Br)C1. The minimum absolute atomic E-state index is 0.0724. The summed E-state index contributed by atoms with van der Waals surface area (Å²) in [6.45, 7) is 0.210. The maximum absolute atomic E-state index is 11.9. The van der Waals surface area contributed by atoms with Gasteiger partial charge >= 0.3 is 5.97 Å². The first-order valence-corrected chi connectivity index (χ1v) is 6.55. The number of esters is 1. The molecule has 0 N–H and O–H groups in total. The standard InChI is InChI=1S/C12H11BrN2O5/c1-20-12(17)7-4-11(16)14(6-7)10-3-2-8(15(18)19)5-9(10)13/h2-3,5,7H,4,6H2,1H3. The third-order valence-electron chi connectivity index (χ3n) is 3.09. The van der Waals surface area contributed by atoms with Gasteiger partial charge in [0.15, 0.2) is 0 Å². The first kappa shape index (κ1) is 14.4. The van der Waals surface area contributed by atoms with Crippen LogP contribution in [0.4, 0.5) is 11.4 Å². The summed E-state index contributed by atoms with van der Waals surface area (Å²) in [5.74, 6) is -1.15. The zero-order valence-corrected chi connectivity index (χ0v) is 12.1. The first-order valence-electron chi connectivity index (χ1n) is 5.76. The second-order valence-corrected chi connectivity index (χ2v) is 5.18. The van der Waals surface area contributed by atoms with Crippen molar-refractivity contribution in [1.29, 1.82) is 0 Å². The van der Waals surface area contributed by atoms with E-state index in [-0.39, 0.29) is 24.6 Å². The molecule has 1 fully saturated rings. The Morgan fingerprint density at radius 2 is 2.25 bits per heavy atom. The molecule has 8 heteroatoms. The van der Waals surface area contributed by atoms with Crippen LogP contribution in [0.2, 0.25) is 0 Å². The van der Waals surface area contributed by atoms with E-state index in [1.54, 1.807) is 0 Å². The molecule has 0 saturated carbocycles. The first-order chi connectivity index (χ1) is 9.43. The number of benzene rings is 1. The lowest BCUT2D eigenvalue weighted by Crippen LogP contribution is -2.26. The molecule has 1 atom stereocenters. The quantitative estimate of drug-likeness (QED) is 0.475. The van der Waals surface area contributed by atoms with Crippen molar-refractivity contribution in [2.45, 2.75) is 6.42 Å². The maximum Gasteiger partial charge on any atom is 0.311 e. The minimum atomic E-state index is -0.516. The Kier molecular flexibility index (Phi) is 4.03. The molecule has 0 aromatic heterocycles. The van der Waals surface area contributed by atoms with E-state index in [1.807, 2.05) is 0 Å². The predicted octanol–water partition coefficient (Wildman–Crippen LogP) is 1.88. The van der Waals surface area contributed by atoms with Gasteiger partial charge in [-0.05, 0) is 22.0 Å². The fourth-order valence-electron chi connectivity index (χ4n) is 2.09. The third kappa shape index (κ3) is 2.64. The van der Waals surface area contributed by atoms with Gasteiger partial charge in [0.25, 0.3) is 5.69 Å². The molecule has 0 spiro atoms. The van der Waals surface area contributed by atoms with E-state index in [4.69, 9.17) is 0 Å². The average Bonchev–Trinajstić information content (AvgIpc) is 2.79. The number of hydrogen-bond donors (Lipinski definition) is 0. The van der Waals surface area contributed by atoms with Crippen molar-refractivity contribution < 1.29 is 19.2 Å². The van der Waals surface area contributed by atoms with Crippen molar-refractivity contribution in [3.05, 3.63) is 32.8 Å². The van der Waals surface area contributed by atoms with Crippen LogP contribution in [0.15, 0.2) is 22.7 Å². The fraction of sp³-hybridized carbons (Fsp3) is 0.333. The summed E-state index contributed by atoms with van der Waals surface area (Å²) in [5.41, 5.74) is 0.434. The van der Waals surface area contributed by atoms with Crippen LogP contribution in [0, 0.1) is 16.0 Å². The van der Waals surface area contributed by atoms with Crippen molar-refractivity contribution in [3.8, 4) is 0 Å². The van der Waals surface area contributed by atoms with Crippen LogP contribution in [-0.2, 0) is 14.3 Å². The number of nitro benzene ring substituents is 1. The van der Waals surface area contributed by atoms with Gasteiger partial charge in [0.1, 0.15) is 0 Å². The van der Waals surface area contributed by atoms with E-state index in [0.717, 1.165) is 0 Å². The Labute approximate surface area is 122 Å². The van der Waals surface area contributed by atoms with E-state index in [2.05, 4.69) is 20.7 Å². The number of rotatable bonds is 3. The number of carbonyl (C=O) groups is 2. The number of methoxy groups -OCH3 is 1. The Morgan fingerprint density at radius 3 is 2.80 bits per heavy atom. The van der Waals surface area contributed by atoms with Crippen LogP contribution in [0.5, 0.6) is 0 Å². The minimum Gasteiger partial charge on any atom is -0.469 e. The summed E-state index contributed by atoms with van der Waals surface area (Å²) in [5, 5.41) is 10.7. The Morgan fingerprint density at radius 1 is 1.55 bits per heavy atom. The highest BCUT2D eigenvalue weighted by Gasteiger charge is 2.36. The molecule has 1 saturated heterocycles. The zero-order chi connectivity index (χ0) is 14.9. The van der Waals surface area contributed by atoms with Crippen molar-refractivity contribution >= 4 is 39.2 Å². The molecular weight excluding hydrogens is 332 g/mol. The molecule has 7 nitrogen and oxygen atoms in total. The van der Waals surface area contributed by atoms with Gasteiger partial charge in [0.05, 0.1) is 23.6 Å². The summed E-state index contributed by atoms with van der Waals surface area (Å²) in [7, 11) is 1.28. The van der Waals surface area contributed by atoms with Gasteiger partial charge in [-0.1, -0.05) is 0 Å². The molecule has 1 heterocycles. The summed E-state index contributed by atoms with van der Waals surface area (Å²) in [4.78, 5) is 35.0. The number of hydrogen-bond acceptors (Lipinski definition) is 5. The molecular formula is C12H11BrN2O5. The number of ether oxygens (including phenoxy) is 1. The topological polar surface area (TPSA) is 89.8 Å². The van der Waals surface area contributed by atoms with E-state index >= 15 is 0 Å². The zero-order valence-electron chi connectivity index (χ0n) is 10.5. The maximum atomic E-state index is 11.9. The largest absolute Gasteiger partial charge is 0.469 e. The van der Waals surface area contributed by atoms with E-state index < -0.39 is 16.8 Å². The second kappa shape index (κ2) is 5.58. The number of amides is 1. The molecule has 0 bridgehead atoms. The second-order valence-electron chi connectivity index (χ2n) is 4.32. The van der Waals surface area contributed by atoms with Gasteiger partial charge in [-0.15, -0.1) is 0 Å². The Bertz CT molecular complexity index is 589. The number of anilines is 1. The Hall–Kier alpha value is -1.96. The monoisotopic (exact) mass is 342 g/mol. The van der Waals surface area contributed by atoms with Crippen LogP contribution < -0.4 is 4.90 Å². The number of halogens is 1. The van der Waals surface area contributed by atoms with Crippen molar-refractivity contribution in [3.63, 3.8) is 0 Å². The van der Waals surface area contributed by atoms with Crippen molar-refractivity contribution in [2.24, 2.45) is 5.92 Å². The van der Waals surface area contributed by atoms with Crippen LogP contribution in [0.3, 0.4) is 0 Å². The molecule has 1 amide bonds. The third-order valence-corrected chi connectivity index (χ3v) is 3.73. The van der Waals surface area contributed by atoms with Crippen molar-refractivity contribution in [1.82, 2.24) is 0 Å². The van der Waals surface area contributed by atoms with E-state index in [1.165, 1.54) is 30.2 Å². The molecule has 1 aromatic carbocycles. The lowest BCUT2D eigenvalue weighted by Gasteiger charge is -2.17. The van der Waals surface area contributed by atoms with Crippen LogP contribution in [0.25, 0.3) is 0 Å². The number of carbonyl (C=O) groups excluding carboxylic acids is 2. The number of non-ortho nitro benzene ring substituents is 1. The molecule has 0 radical (unpaired) electrons. The summed E-state index contributed by atoms with van der Waals surface area (Å²) < 4.78 is 5.06. The van der Waals surface area contributed by atoms with Gasteiger partial charge in [-0.25, -0.2) is 0 Å². The van der Waals surface area contributed by atoms with Gasteiger partial charge < -0.3 is 9.64 Å². The van der Waals surface area contributed by atoms with E-state index in [9.17, 15) is 19.7 Å². The van der Waals surface area contributed by atoms with Crippen LogP contribution in [-0.4, -0.2) is 30.5 Å². The molecule has 1 unspecified atom stereocenters. The Balaban J connectivity index is 2.26. The van der Waals surface area contributed by atoms with E-state index in [0.29, 0.717) is 10.2 Å². The van der Waals surface area contributed by atoms with Gasteiger partial charge in [0, 0.05) is 29.6 Å². The average molecular weight is 343 g/mol. The molecule has 1 aliphatic heterocycles. The summed E-state index contributed by atoms with van der Waals surface area (Å²) in [6.07, 6.45) is 0.0795. The molecule has 106 valence electrons. The number of nitro groups is 1. The van der Waals surface area contributed by atoms with Crippen molar-refractivity contribution in [2.75, 3.05) is 18.6 Å². The summed E-state index contributed by atoms with van der Waals surface area (Å²) in [6, 6.07) is 4.13. The molecule has 2 rings (SSSR count). The lowest BCUT2D eigenvalue weighted by atomic mass is 10.1. The molecule has 0 aliphatic carbocycles. The van der Waals surface area contributed by atoms with Crippen LogP contribution in [0.1, 0.15) is 6.42 Å². The normalized spacial score (nSPS) is 18.2. The van der Waals surface area contributed by atoms with Gasteiger partial charge in [-0.2, -0.15) is 0 Å². The fourth-order valence-corrected chi connectivity index (χ4v) is 2.67. The predicted molar refractivity (Wildman–Crippen MR) is 73.3 cm³/mol.